The molecule has 66 valence electrons. The summed E-state index contributed by atoms with van der Waals surface area (Å²) in [4.78, 5) is 0. The van der Waals surface area contributed by atoms with Gasteiger partial charge in [0.2, 0.25) is 0 Å². The van der Waals surface area contributed by atoms with Crippen molar-refractivity contribution in [2.75, 3.05) is 13.2 Å². The van der Waals surface area contributed by atoms with Crippen LogP contribution in [0.1, 0.15) is 27.2 Å². The SMILES string of the molecule is CCOC1OCCC(C)(C)O1. The molecule has 0 spiro atoms. The van der Waals surface area contributed by atoms with Crippen LogP contribution in [0.3, 0.4) is 0 Å². The third kappa shape index (κ3) is 2.77. The zero-order valence-corrected chi connectivity index (χ0v) is 7.42. The average Bonchev–Trinajstić information content (AvgIpc) is 1.85. The van der Waals surface area contributed by atoms with Crippen LogP contribution in [0.5, 0.6) is 0 Å². The first-order valence-electron chi connectivity index (χ1n) is 4.05. The van der Waals surface area contributed by atoms with E-state index in [4.69, 9.17) is 14.2 Å². The summed E-state index contributed by atoms with van der Waals surface area (Å²) < 4.78 is 15.9. The first-order chi connectivity index (χ1) is 5.14. The van der Waals surface area contributed by atoms with E-state index in [1.54, 1.807) is 0 Å². The molecule has 3 heteroatoms. The number of ether oxygens (including phenoxy) is 3. The normalized spacial score (nSPS) is 30.3. The van der Waals surface area contributed by atoms with Crippen molar-refractivity contribution in [2.45, 2.75) is 39.3 Å². The monoisotopic (exact) mass is 160 g/mol. The Morgan fingerprint density at radius 3 is 2.82 bits per heavy atom. The highest BCUT2D eigenvalue weighted by Crippen LogP contribution is 2.23. The molecule has 0 aromatic heterocycles. The van der Waals surface area contributed by atoms with Crippen molar-refractivity contribution >= 4 is 0 Å². The van der Waals surface area contributed by atoms with Crippen molar-refractivity contribution in [3.63, 3.8) is 0 Å². The Balaban J connectivity index is 2.34. The van der Waals surface area contributed by atoms with Crippen LogP contribution in [-0.4, -0.2) is 25.3 Å². The Hall–Kier alpha value is -0.120. The molecule has 0 saturated carbocycles. The van der Waals surface area contributed by atoms with Crippen molar-refractivity contribution in [3.05, 3.63) is 0 Å². The topological polar surface area (TPSA) is 27.7 Å². The maximum atomic E-state index is 5.47. The molecular formula is C8H16O3. The van der Waals surface area contributed by atoms with Crippen molar-refractivity contribution in [1.29, 1.82) is 0 Å². The second-order valence-corrected chi connectivity index (χ2v) is 3.24. The summed E-state index contributed by atoms with van der Waals surface area (Å²) >= 11 is 0. The van der Waals surface area contributed by atoms with Gasteiger partial charge in [-0.1, -0.05) is 0 Å². The van der Waals surface area contributed by atoms with Gasteiger partial charge in [0.05, 0.1) is 12.2 Å². The van der Waals surface area contributed by atoms with Crippen LogP contribution >= 0.6 is 0 Å². The van der Waals surface area contributed by atoms with Gasteiger partial charge in [0, 0.05) is 6.61 Å². The molecule has 0 radical (unpaired) electrons. The molecule has 1 fully saturated rings. The van der Waals surface area contributed by atoms with E-state index in [0.717, 1.165) is 13.0 Å². The van der Waals surface area contributed by atoms with Gasteiger partial charge in [-0.3, -0.25) is 0 Å². The second-order valence-electron chi connectivity index (χ2n) is 3.24. The summed E-state index contributed by atoms with van der Waals surface area (Å²) in [5.41, 5.74) is -0.0991. The van der Waals surface area contributed by atoms with Gasteiger partial charge in [-0.15, -0.1) is 0 Å². The summed E-state index contributed by atoms with van der Waals surface area (Å²) in [5.74, 6) is 0. The highest BCUT2D eigenvalue weighted by atomic mass is 16.9. The first-order valence-corrected chi connectivity index (χ1v) is 4.05. The van der Waals surface area contributed by atoms with Crippen LogP contribution in [0.15, 0.2) is 0 Å². The van der Waals surface area contributed by atoms with Crippen LogP contribution in [0.2, 0.25) is 0 Å². The smallest absolute Gasteiger partial charge is 0.272 e. The first kappa shape index (κ1) is 8.97. The predicted octanol–water partition coefficient (Wildman–Crippen LogP) is 1.52. The number of rotatable bonds is 2. The fourth-order valence-corrected chi connectivity index (χ4v) is 0.973. The van der Waals surface area contributed by atoms with Crippen LogP contribution < -0.4 is 0 Å². The van der Waals surface area contributed by atoms with Gasteiger partial charge in [0.25, 0.3) is 6.48 Å². The molecule has 1 unspecified atom stereocenters. The molecule has 11 heavy (non-hydrogen) atoms. The lowest BCUT2D eigenvalue weighted by molar-refractivity contribution is -0.349. The minimum Gasteiger partial charge on any atom is -0.330 e. The Morgan fingerprint density at radius 1 is 1.55 bits per heavy atom. The lowest BCUT2D eigenvalue weighted by Crippen LogP contribution is -2.40. The zero-order chi connectivity index (χ0) is 8.32. The molecule has 1 atom stereocenters. The summed E-state index contributed by atoms with van der Waals surface area (Å²) in [6.45, 7) is 6.90. The van der Waals surface area contributed by atoms with Gasteiger partial charge in [0.1, 0.15) is 0 Å². The molecule has 0 aromatic carbocycles. The quantitative estimate of drug-likeness (QED) is 0.613. The molecular weight excluding hydrogens is 144 g/mol. The molecule has 0 bridgehead atoms. The summed E-state index contributed by atoms with van der Waals surface area (Å²) in [6.07, 6.45) is 0.927. The van der Waals surface area contributed by atoms with Crippen molar-refractivity contribution < 1.29 is 14.2 Å². The molecule has 0 N–H and O–H groups in total. The standard InChI is InChI=1S/C8H16O3/c1-4-9-7-10-6-5-8(2,3)11-7/h7H,4-6H2,1-3H3. The summed E-state index contributed by atoms with van der Waals surface area (Å²) in [7, 11) is 0. The fourth-order valence-electron chi connectivity index (χ4n) is 0.973. The molecule has 1 heterocycles. The molecule has 0 amide bonds. The van der Waals surface area contributed by atoms with Crippen molar-refractivity contribution in [2.24, 2.45) is 0 Å². The number of hydrogen-bond donors (Lipinski definition) is 0. The molecule has 1 saturated heterocycles. The van der Waals surface area contributed by atoms with Gasteiger partial charge in [0.15, 0.2) is 0 Å². The Kier molecular flexibility index (Phi) is 2.87. The van der Waals surface area contributed by atoms with E-state index < -0.39 is 6.48 Å². The van der Waals surface area contributed by atoms with Gasteiger partial charge < -0.3 is 14.2 Å². The largest absolute Gasteiger partial charge is 0.330 e. The maximum Gasteiger partial charge on any atom is 0.272 e. The third-order valence-corrected chi connectivity index (χ3v) is 1.68. The summed E-state index contributed by atoms with van der Waals surface area (Å²) in [5, 5.41) is 0. The number of hydrogen-bond acceptors (Lipinski definition) is 3. The molecule has 1 aliphatic heterocycles. The van der Waals surface area contributed by atoms with Crippen molar-refractivity contribution in [3.8, 4) is 0 Å². The lowest BCUT2D eigenvalue weighted by atomic mass is 10.1. The van der Waals surface area contributed by atoms with Gasteiger partial charge >= 0.3 is 0 Å². The zero-order valence-electron chi connectivity index (χ0n) is 7.42. The van der Waals surface area contributed by atoms with E-state index in [1.807, 2.05) is 20.8 Å². The van der Waals surface area contributed by atoms with E-state index in [1.165, 1.54) is 0 Å². The second kappa shape index (κ2) is 3.52. The van der Waals surface area contributed by atoms with Gasteiger partial charge in [-0.2, -0.15) is 0 Å². The van der Waals surface area contributed by atoms with E-state index in [-0.39, 0.29) is 5.60 Å². The van der Waals surface area contributed by atoms with E-state index in [2.05, 4.69) is 0 Å². The minimum atomic E-state index is -0.455. The van der Waals surface area contributed by atoms with E-state index in [0.29, 0.717) is 6.61 Å². The van der Waals surface area contributed by atoms with Gasteiger partial charge in [-0.05, 0) is 27.2 Å². The molecule has 0 aromatic rings. The lowest BCUT2D eigenvalue weighted by Gasteiger charge is -2.35. The molecule has 3 nitrogen and oxygen atoms in total. The van der Waals surface area contributed by atoms with Crippen LogP contribution in [0.4, 0.5) is 0 Å². The fraction of sp³-hybridized carbons (Fsp3) is 1.00. The Labute approximate surface area is 67.6 Å². The van der Waals surface area contributed by atoms with Crippen LogP contribution in [0, 0.1) is 0 Å². The van der Waals surface area contributed by atoms with E-state index in [9.17, 15) is 0 Å². The highest BCUT2D eigenvalue weighted by Gasteiger charge is 2.29. The minimum absolute atomic E-state index is 0.0991. The van der Waals surface area contributed by atoms with Crippen LogP contribution in [-0.2, 0) is 14.2 Å². The highest BCUT2D eigenvalue weighted by molar-refractivity contribution is 4.70. The third-order valence-electron chi connectivity index (χ3n) is 1.68. The van der Waals surface area contributed by atoms with E-state index >= 15 is 0 Å². The van der Waals surface area contributed by atoms with Crippen LogP contribution in [0.25, 0.3) is 0 Å². The Morgan fingerprint density at radius 2 is 2.27 bits per heavy atom. The predicted molar refractivity (Wildman–Crippen MR) is 41.1 cm³/mol. The molecule has 1 rings (SSSR count). The maximum absolute atomic E-state index is 5.47. The summed E-state index contributed by atoms with van der Waals surface area (Å²) in [6, 6.07) is 0. The average molecular weight is 160 g/mol. The van der Waals surface area contributed by atoms with Gasteiger partial charge in [-0.25, -0.2) is 0 Å². The van der Waals surface area contributed by atoms with Crippen molar-refractivity contribution in [1.82, 2.24) is 0 Å². The molecule has 1 aliphatic rings. The molecule has 0 aliphatic carbocycles. The Bertz CT molecular complexity index is 121.